The normalized spacial score (nSPS) is 10.3. The Hall–Kier alpha value is -4.72. The first-order chi connectivity index (χ1) is 16.1. The number of rotatable bonds is 8. The highest BCUT2D eigenvalue weighted by Gasteiger charge is 2.17. The first kappa shape index (κ1) is 23.0. The molecule has 0 saturated heterocycles. The molecule has 0 aliphatic heterocycles. The predicted octanol–water partition coefficient (Wildman–Crippen LogP) is 3.59. The molecule has 0 spiro atoms. The van der Waals surface area contributed by atoms with Crippen molar-refractivity contribution in [3.8, 4) is 5.75 Å². The van der Waals surface area contributed by atoms with Crippen molar-refractivity contribution in [2.24, 2.45) is 5.10 Å². The maximum Gasteiger partial charge on any atom is 0.329 e. The van der Waals surface area contributed by atoms with Crippen LogP contribution in [0.3, 0.4) is 0 Å². The molecular weight excluding hydrogens is 420 g/mol. The van der Waals surface area contributed by atoms with Crippen LogP contribution in [-0.2, 0) is 9.59 Å². The summed E-state index contributed by atoms with van der Waals surface area (Å²) in [7, 11) is 0. The molecule has 0 atom stereocenters. The van der Waals surface area contributed by atoms with Crippen LogP contribution >= 0.6 is 0 Å². The van der Waals surface area contributed by atoms with Crippen LogP contribution in [0.25, 0.3) is 0 Å². The van der Waals surface area contributed by atoms with Crippen molar-refractivity contribution in [1.82, 2.24) is 5.43 Å². The fraction of sp³-hybridized carbons (Fsp3) is 0.0400. The number of nitrogens with one attached hydrogen (secondary N) is 3. The van der Waals surface area contributed by atoms with Crippen LogP contribution in [0.15, 0.2) is 96.6 Å². The van der Waals surface area contributed by atoms with Gasteiger partial charge in [0.1, 0.15) is 12.4 Å². The molecule has 3 aromatic rings. The standard InChI is InChI=1S/C25H22N4O4/c1-2-15-33-20-12-8-9-18(16-20)17-26-29-25(32)24(31)28-22-14-7-6-13-21(22)23(30)27-19-10-4-3-5-11-19/h2-14,16-17H,1,15H2,(H,27,30)(H,28,31)(H,29,32)/b26-17-. The smallest absolute Gasteiger partial charge is 0.329 e. The average molecular weight is 442 g/mol. The van der Waals surface area contributed by atoms with Crippen LogP contribution in [0.5, 0.6) is 5.75 Å². The van der Waals surface area contributed by atoms with Gasteiger partial charge in [0, 0.05) is 5.69 Å². The van der Waals surface area contributed by atoms with Gasteiger partial charge in [0.2, 0.25) is 0 Å². The quantitative estimate of drug-likeness (QED) is 0.214. The Balaban J connectivity index is 1.60. The molecule has 0 bridgehead atoms. The Labute approximate surface area is 191 Å². The molecule has 0 unspecified atom stereocenters. The average Bonchev–Trinajstić information content (AvgIpc) is 2.84. The number of ether oxygens (including phenoxy) is 1. The van der Waals surface area contributed by atoms with Gasteiger partial charge in [0.15, 0.2) is 0 Å². The molecule has 3 N–H and O–H groups in total. The van der Waals surface area contributed by atoms with Gasteiger partial charge >= 0.3 is 11.8 Å². The highest BCUT2D eigenvalue weighted by atomic mass is 16.5. The summed E-state index contributed by atoms with van der Waals surface area (Å²) in [6.07, 6.45) is 3.01. The highest BCUT2D eigenvalue weighted by molar-refractivity contribution is 6.40. The Bertz CT molecular complexity index is 1180. The van der Waals surface area contributed by atoms with E-state index in [1.54, 1.807) is 72.8 Å². The van der Waals surface area contributed by atoms with Crippen molar-refractivity contribution in [2.75, 3.05) is 17.2 Å². The van der Waals surface area contributed by atoms with Crippen LogP contribution in [0.2, 0.25) is 0 Å². The molecule has 0 saturated carbocycles. The van der Waals surface area contributed by atoms with Gasteiger partial charge < -0.3 is 15.4 Å². The molecule has 3 rings (SSSR count). The third-order valence-corrected chi connectivity index (χ3v) is 4.26. The van der Waals surface area contributed by atoms with Gasteiger partial charge in [-0.2, -0.15) is 5.10 Å². The van der Waals surface area contributed by atoms with E-state index in [4.69, 9.17) is 4.74 Å². The highest BCUT2D eigenvalue weighted by Crippen LogP contribution is 2.17. The fourth-order valence-corrected chi connectivity index (χ4v) is 2.75. The summed E-state index contributed by atoms with van der Waals surface area (Å²) in [6, 6.07) is 22.3. The van der Waals surface area contributed by atoms with Crippen LogP contribution < -0.4 is 20.8 Å². The first-order valence-electron chi connectivity index (χ1n) is 10.0. The molecule has 8 nitrogen and oxygen atoms in total. The number of anilines is 2. The lowest BCUT2D eigenvalue weighted by molar-refractivity contribution is -0.136. The van der Waals surface area contributed by atoms with Crippen LogP contribution in [0.1, 0.15) is 15.9 Å². The summed E-state index contributed by atoms with van der Waals surface area (Å²) in [4.78, 5) is 37.1. The monoisotopic (exact) mass is 442 g/mol. The molecule has 3 aromatic carbocycles. The number of nitrogens with zero attached hydrogens (tertiary/aromatic N) is 1. The van der Waals surface area contributed by atoms with Crippen LogP contribution in [0, 0.1) is 0 Å². The molecular formula is C25H22N4O4. The Kier molecular flexibility index (Phi) is 8.08. The van der Waals surface area contributed by atoms with Crippen molar-refractivity contribution in [2.45, 2.75) is 0 Å². The summed E-state index contributed by atoms with van der Waals surface area (Å²) in [5.41, 5.74) is 3.84. The number of carbonyl (C=O) groups excluding carboxylic acids is 3. The maximum absolute atomic E-state index is 12.6. The second-order valence-corrected chi connectivity index (χ2v) is 6.69. The van der Waals surface area contributed by atoms with Gasteiger partial charge in [-0.05, 0) is 42.0 Å². The third kappa shape index (κ3) is 6.90. The van der Waals surface area contributed by atoms with Crippen molar-refractivity contribution in [3.63, 3.8) is 0 Å². The molecule has 0 aromatic heterocycles. The van der Waals surface area contributed by atoms with E-state index in [0.717, 1.165) is 0 Å². The van der Waals surface area contributed by atoms with E-state index in [-0.39, 0.29) is 11.3 Å². The number of carbonyl (C=O) groups is 3. The SMILES string of the molecule is C=CCOc1cccc(/C=N\NC(=O)C(=O)Nc2ccccc2C(=O)Nc2ccccc2)c1. The molecule has 0 fully saturated rings. The van der Waals surface area contributed by atoms with Gasteiger partial charge in [-0.3, -0.25) is 14.4 Å². The minimum absolute atomic E-state index is 0.196. The van der Waals surface area contributed by atoms with Crippen LogP contribution in [0.4, 0.5) is 11.4 Å². The maximum atomic E-state index is 12.6. The number of hydrogen-bond donors (Lipinski definition) is 3. The minimum Gasteiger partial charge on any atom is -0.490 e. The predicted molar refractivity (Wildman–Crippen MR) is 127 cm³/mol. The topological polar surface area (TPSA) is 109 Å². The first-order valence-corrected chi connectivity index (χ1v) is 10.0. The molecule has 0 heterocycles. The number of benzene rings is 3. The largest absolute Gasteiger partial charge is 0.490 e. The summed E-state index contributed by atoms with van der Waals surface area (Å²) < 4.78 is 5.43. The Morgan fingerprint density at radius 1 is 0.879 bits per heavy atom. The molecule has 0 aliphatic carbocycles. The van der Waals surface area contributed by atoms with Crippen molar-refractivity contribution in [3.05, 3.63) is 103 Å². The van der Waals surface area contributed by atoms with Crippen LogP contribution in [-0.4, -0.2) is 30.5 Å². The summed E-state index contributed by atoms with van der Waals surface area (Å²) in [5.74, 6) is -1.75. The van der Waals surface area contributed by atoms with E-state index in [1.807, 2.05) is 6.07 Å². The van der Waals surface area contributed by atoms with Gasteiger partial charge in [-0.15, -0.1) is 0 Å². The second-order valence-electron chi connectivity index (χ2n) is 6.69. The van der Waals surface area contributed by atoms with Crippen molar-refractivity contribution in [1.29, 1.82) is 0 Å². The van der Waals surface area contributed by atoms with Gasteiger partial charge in [-0.25, -0.2) is 5.43 Å². The van der Waals surface area contributed by atoms with Crippen molar-refractivity contribution < 1.29 is 19.1 Å². The van der Waals surface area contributed by atoms with E-state index in [9.17, 15) is 14.4 Å². The number of hydrazone groups is 1. The van der Waals surface area contributed by atoms with E-state index < -0.39 is 17.7 Å². The number of para-hydroxylation sites is 2. The molecule has 0 aliphatic rings. The fourth-order valence-electron chi connectivity index (χ4n) is 2.75. The molecule has 166 valence electrons. The lowest BCUT2D eigenvalue weighted by Gasteiger charge is -2.11. The Morgan fingerprint density at radius 3 is 2.42 bits per heavy atom. The molecule has 8 heteroatoms. The molecule has 3 amide bonds. The lowest BCUT2D eigenvalue weighted by atomic mass is 10.1. The summed E-state index contributed by atoms with van der Waals surface area (Å²) in [6.45, 7) is 3.95. The number of hydrogen-bond acceptors (Lipinski definition) is 5. The molecule has 0 radical (unpaired) electrons. The van der Waals surface area contributed by atoms with E-state index in [0.29, 0.717) is 23.6 Å². The van der Waals surface area contributed by atoms with Crippen molar-refractivity contribution >= 4 is 35.3 Å². The van der Waals surface area contributed by atoms with E-state index in [1.165, 1.54) is 12.3 Å². The van der Waals surface area contributed by atoms with E-state index >= 15 is 0 Å². The minimum atomic E-state index is -0.983. The molecule has 33 heavy (non-hydrogen) atoms. The second kappa shape index (κ2) is 11.6. The zero-order valence-corrected chi connectivity index (χ0v) is 17.7. The summed E-state index contributed by atoms with van der Waals surface area (Å²) in [5, 5.41) is 8.98. The lowest BCUT2D eigenvalue weighted by Crippen LogP contribution is -2.33. The zero-order valence-electron chi connectivity index (χ0n) is 17.7. The van der Waals surface area contributed by atoms with Gasteiger partial charge in [0.25, 0.3) is 5.91 Å². The van der Waals surface area contributed by atoms with Gasteiger partial charge in [0.05, 0.1) is 17.5 Å². The third-order valence-electron chi connectivity index (χ3n) is 4.26. The Morgan fingerprint density at radius 2 is 1.64 bits per heavy atom. The summed E-state index contributed by atoms with van der Waals surface area (Å²) >= 11 is 0. The van der Waals surface area contributed by atoms with E-state index in [2.05, 4.69) is 27.7 Å². The number of amides is 3. The van der Waals surface area contributed by atoms with Gasteiger partial charge in [-0.1, -0.05) is 55.1 Å². The zero-order chi connectivity index (χ0) is 23.5.